The number of anilines is 1. The summed E-state index contributed by atoms with van der Waals surface area (Å²) in [5.41, 5.74) is 10.2. The Labute approximate surface area is 116 Å². The number of H-pyrrole nitrogens is 1. The zero-order valence-electron chi connectivity index (χ0n) is 11.6. The predicted molar refractivity (Wildman–Crippen MR) is 77.6 cm³/mol. The van der Waals surface area contributed by atoms with Crippen LogP contribution in [0.25, 0.3) is 22.3 Å². The van der Waals surface area contributed by atoms with Crippen molar-refractivity contribution in [2.24, 2.45) is 0 Å². The molecule has 0 unspecified atom stereocenters. The molecular weight excluding hydrogens is 254 g/mol. The number of ether oxygens (including phenoxy) is 1. The Balaban J connectivity index is 2.36. The maximum Gasteiger partial charge on any atom is 0.222 e. The van der Waals surface area contributed by atoms with Crippen molar-refractivity contribution in [3.8, 4) is 17.0 Å². The van der Waals surface area contributed by atoms with Crippen LogP contribution >= 0.6 is 0 Å². The van der Waals surface area contributed by atoms with E-state index in [4.69, 9.17) is 10.5 Å². The highest BCUT2D eigenvalue weighted by Crippen LogP contribution is 2.36. The van der Waals surface area contributed by atoms with Crippen molar-refractivity contribution in [2.45, 2.75) is 13.8 Å². The monoisotopic (exact) mass is 269 g/mol. The summed E-state index contributed by atoms with van der Waals surface area (Å²) < 4.78 is 5.54. The van der Waals surface area contributed by atoms with Gasteiger partial charge in [0, 0.05) is 5.56 Å². The second-order valence-electron chi connectivity index (χ2n) is 4.65. The number of aryl methyl sites for hydroxylation is 1. The van der Waals surface area contributed by atoms with Crippen molar-refractivity contribution in [2.75, 3.05) is 12.8 Å². The van der Waals surface area contributed by atoms with E-state index in [1.165, 1.54) is 0 Å². The Bertz CT molecular complexity index is 794. The fourth-order valence-corrected chi connectivity index (χ4v) is 2.30. The molecule has 3 N–H and O–H groups in total. The molecule has 0 fully saturated rings. The minimum absolute atomic E-state index is 0.206. The summed E-state index contributed by atoms with van der Waals surface area (Å²) in [6.07, 6.45) is 1.69. The van der Waals surface area contributed by atoms with Crippen LogP contribution in [0.4, 0.5) is 5.95 Å². The smallest absolute Gasteiger partial charge is 0.222 e. The molecular formula is C14H15N5O. The van der Waals surface area contributed by atoms with E-state index in [1.54, 1.807) is 13.3 Å². The molecule has 0 saturated carbocycles. The highest BCUT2D eigenvalue weighted by atomic mass is 16.5. The molecule has 0 amide bonds. The molecule has 0 atom stereocenters. The van der Waals surface area contributed by atoms with Crippen LogP contribution in [0.1, 0.15) is 11.1 Å². The van der Waals surface area contributed by atoms with E-state index in [1.807, 2.05) is 26.0 Å². The first-order valence-electron chi connectivity index (χ1n) is 6.23. The van der Waals surface area contributed by atoms with Gasteiger partial charge in [-0.3, -0.25) is 5.10 Å². The normalized spacial score (nSPS) is 10.9. The summed E-state index contributed by atoms with van der Waals surface area (Å²) in [7, 11) is 1.66. The van der Waals surface area contributed by atoms with E-state index in [2.05, 4.69) is 20.2 Å². The van der Waals surface area contributed by atoms with Gasteiger partial charge in [-0.15, -0.1) is 0 Å². The highest BCUT2D eigenvalue weighted by Gasteiger charge is 2.16. The Morgan fingerprint density at radius 3 is 2.75 bits per heavy atom. The van der Waals surface area contributed by atoms with Gasteiger partial charge >= 0.3 is 0 Å². The van der Waals surface area contributed by atoms with E-state index in [9.17, 15) is 0 Å². The standard InChI is InChI=1S/C14H15N5O/c1-7-4-5-9(12(20-3)8(7)2)11-10-6-16-19-13(10)18-14(15)17-11/h4-6H,1-3H3,(H3,15,16,17,18,19). The van der Waals surface area contributed by atoms with Gasteiger partial charge in [0.15, 0.2) is 5.65 Å². The van der Waals surface area contributed by atoms with Crippen LogP contribution in [-0.2, 0) is 0 Å². The fourth-order valence-electron chi connectivity index (χ4n) is 2.30. The van der Waals surface area contributed by atoms with E-state index in [0.29, 0.717) is 5.65 Å². The van der Waals surface area contributed by atoms with Gasteiger partial charge < -0.3 is 10.5 Å². The van der Waals surface area contributed by atoms with E-state index in [-0.39, 0.29) is 5.95 Å². The first kappa shape index (κ1) is 12.4. The third-order valence-corrected chi connectivity index (χ3v) is 3.46. The van der Waals surface area contributed by atoms with Gasteiger partial charge in [-0.05, 0) is 31.0 Å². The van der Waals surface area contributed by atoms with Gasteiger partial charge in [-0.25, -0.2) is 4.98 Å². The van der Waals surface area contributed by atoms with Gasteiger partial charge in [-0.2, -0.15) is 10.1 Å². The Kier molecular flexibility index (Phi) is 2.78. The molecule has 0 saturated heterocycles. The summed E-state index contributed by atoms with van der Waals surface area (Å²) in [6, 6.07) is 4.02. The molecule has 1 aromatic carbocycles. The van der Waals surface area contributed by atoms with Crippen molar-refractivity contribution in [1.82, 2.24) is 20.2 Å². The number of rotatable bonds is 2. The quantitative estimate of drug-likeness (QED) is 0.744. The minimum Gasteiger partial charge on any atom is -0.496 e. The number of nitrogens with zero attached hydrogens (tertiary/aromatic N) is 3. The van der Waals surface area contributed by atoms with Crippen LogP contribution in [0.2, 0.25) is 0 Å². The lowest BCUT2D eigenvalue weighted by molar-refractivity contribution is 0.413. The summed E-state index contributed by atoms with van der Waals surface area (Å²) in [5.74, 6) is 1.00. The molecule has 6 nitrogen and oxygen atoms in total. The molecule has 0 radical (unpaired) electrons. The molecule has 0 aliphatic rings. The van der Waals surface area contributed by atoms with Crippen LogP contribution in [0.3, 0.4) is 0 Å². The lowest BCUT2D eigenvalue weighted by Crippen LogP contribution is -2.00. The SMILES string of the molecule is COc1c(-c2nc(N)nc3[nH]ncc23)ccc(C)c1C. The van der Waals surface area contributed by atoms with Crippen molar-refractivity contribution in [1.29, 1.82) is 0 Å². The second kappa shape index (κ2) is 4.48. The fraction of sp³-hybridized carbons (Fsp3) is 0.214. The number of aromatic nitrogens is 4. The highest BCUT2D eigenvalue weighted by molar-refractivity contribution is 5.92. The van der Waals surface area contributed by atoms with Gasteiger partial charge in [0.05, 0.1) is 24.4 Å². The molecule has 0 bridgehead atoms. The molecule has 6 heteroatoms. The molecule has 102 valence electrons. The van der Waals surface area contributed by atoms with Crippen molar-refractivity contribution in [3.63, 3.8) is 0 Å². The second-order valence-corrected chi connectivity index (χ2v) is 4.65. The zero-order valence-corrected chi connectivity index (χ0v) is 11.6. The largest absolute Gasteiger partial charge is 0.496 e. The number of nitrogens with two attached hydrogens (primary N) is 1. The summed E-state index contributed by atoms with van der Waals surface area (Å²) >= 11 is 0. The van der Waals surface area contributed by atoms with Gasteiger partial charge in [0.1, 0.15) is 5.75 Å². The molecule has 0 aliphatic carbocycles. The average Bonchev–Trinajstić information content (AvgIpc) is 2.88. The van der Waals surface area contributed by atoms with E-state index >= 15 is 0 Å². The molecule has 2 heterocycles. The molecule has 0 spiro atoms. The first-order valence-corrected chi connectivity index (χ1v) is 6.23. The lowest BCUT2D eigenvalue weighted by atomic mass is 10.0. The third kappa shape index (κ3) is 1.77. The number of hydrogen-bond acceptors (Lipinski definition) is 5. The number of aromatic amines is 1. The first-order chi connectivity index (χ1) is 9.61. The number of nitrogens with one attached hydrogen (secondary N) is 1. The molecule has 3 rings (SSSR count). The average molecular weight is 269 g/mol. The maximum atomic E-state index is 5.77. The number of methoxy groups -OCH3 is 1. The van der Waals surface area contributed by atoms with Crippen LogP contribution in [-0.4, -0.2) is 27.3 Å². The number of hydrogen-bond donors (Lipinski definition) is 2. The van der Waals surface area contributed by atoms with E-state index in [0.717, 1.165) is 33.5 Å². The molecule has 3 aromatic rings. The Morgan fingerprint density at radius 2 is 2.00 bits per heavy atom. The summed E-state index contributed by atoms with van der Waals surface area (Å²) in [4.78, 5) is 8.47. The van der Waals surface area contributed by atoms with Crippen molar-refractivity contribution in [3.05, 3.63) is 29.5 Å². The van der Waals surface area contributed by atoms with Crippen molar-refractivity contribution < 1.29 is 4.74 Å². The number of fused-ring (bicyclic) bond motifs is 1. The predicted octanol–water partition coefficient (Wildman–Crippen LogP) is 2.23. The minimum atomic E-state index is 0.206. The number of benzene rings is 1. The van der Waals surface area contributed by atoms with Gasteiger partial charge in [0.2, 0.25) is 5.95 Å². The lowest BCUT2D eigenvalue weighted by Gasteiger charge is -2.13. The van der Waals surface area contributed by atoms with Crippen LogP contribution < -0.4 is 10.5 Å². The Hall–Kier alpha value is -2.63. The summed E-state index contributed by atoms with van der Waals surface area (Å²) in [6.45, 7) is 4.07. The van der Waals surface area contributed by atoms with Crippen LogP contribution in [0, 0.1) is 13.8 Å². The molecule has 2 aromatic heterocycles. The maximum absolute atomic E-state index is 5.77. The molecule has 0 aliphatic heterocycles. The van der Waals surface area contributed by atoms with Gasteiger partial charge in [-0.1, -0.05) is 6.07 Å². The topological polar surface area (TPSA) is 89.7 Å². The van der Waals surface area contributed by atoms with Crippen LogP contribution in [0.5, 0.6) is 5.75 Å². The molecule has 20 heavy (non-hydrogen) atoms. The zero-order chi connectivity index (χ0) is 14.3. The third-order valence-electron chi connectivity index (χ3n) is 3.46. The Morgan fingerprint density at radius 1 is 1.20 bits per heavy atom. The summed E-state index contributed by atoms with van der Waals surface area (Å²) in [5, 5.41) is 7.63. The van der Waals surface area contributed by atoms with Crippen LogP contribution in [0.15, 0.2) is 18.3 Å². The van der Waals surface area contributed by atoms with Crippen molar-refractivity contribution >= 4 is 17.0 Å². The van der Waals surface area contributed by atoms with E-state index < -0.39 is 0 Å². The van der Waals surface area contributed by atoms with Gasteiger partial charge in [0.25, 0.3) is 0 Å². The number of nitrogen functional groups attached to an aromatic ring is 1.